The van der Waals surface area contributed by atoms with E-state index in [1.165, 1.54) is 0 Å². The number of rotatable bonds is 4. The predicted octanol–water partition coefficient (Wildman–Crippen LogP) is 3.31. The van der Waals surface area contributed by atoms with Gasteiger partial charge in [0.25, 0.3) is 0 Å². The molecule has 96 valence electrons. The average Bonchev–Trinajstić information content (AvgIpc) is 2.22. The van der Waals surface area contributed by atoms with E-state index < -0.39 is 0 Å². The van der Waals surface area contributed by atoms with Crippen LogP contribution in [0, 0.1) is 0 Å². The number of nitrogens with one attached hydrogen (secondary N) is 1. The van der Waals surface area contributed by atoms with E-state index in [0.717, 1.165) is 5.56 Å². The Balaban J connectivity index is 2.76. The number of halogens is 2. The maximum Gasteiger partial charge on any atom is 0.0694 e. The van der Waals surface area contributed by atoms with E-state index in [9.17, 15) is 0 Å². The van der Waals surface area contributed by atoms with E-state index in [4.69, 9.17) is 33.8 Å². The van der Waals surface area contributed by atoms with E-state index in [0.29, 0.717) is 16.7 Å². The number of nitrogens with two attached hydrogens (primary N) is 1. The molecule has 0 saturated carbocycles. The van der Waals surface area contributed by atoms with Crippen LogP contribution in [0.15, 0.2) is 18.2 Å². The molecule has 1 rings (SSSR count). The summed E-state index contributed by atoms with van der Waals surface area (Å²) in [5.41, 5.74) is 3.46. The maximum absolute atomic E-state index is 5.96. The fraction of sp³-hybridized carbons (Fsp3) is 0.500. The second-order valence-corrected chi connectivity index (χ2v) is 5.63. The molecule has 0 aliphatic rings. The molecule has 3 N–H and O–H groups in total. The molecule has 5 heteroatoms. The van der Waals surface area contributed by atoms with Crippen molar-refractivity contribution in [3.63, 3.8) is 0 Å². The van der Waals surface area contributed by atoms with Gasteiger partial charge in [0.2, 0.25) is 0 Å². The fourth-order valence-electron chi connectivity index (χ4n) is 1.30. The third-order valence-electron chi connectivity index (χ3n) is 2.23. The molecule has 17 heavy (non-hydrogen) atoms. The van der Waals surface area contributed by atoms with E-state index in [1.54, 1.807) is 12.1 Å². The van der Waals surface area contributed by atoms with Crippen LogP contribution in [-0.4, -0.2) is 12.2 Å². The second-order valence-electron chi connectivity index (χ2n) is 4.82. The van der Waals surface area contributed by atoms with Gasteiger partial charge in [0, 0.05) is 0 Å². The lowest BCUT2D eigenvalue weighted by molar-refractivity contribution is -0.0148. The van der Waals surface area contributed by atoms with Gasteiger partial charge in [0.15, 0.2) is 0 Å². The Kier molecular flexibility index (Phi) is 5.22. The van der Waals surface area contributed by atoms with Crippen LogP contribution < -0.4 is 11.3 Å². The Morgan fingerprint density at radius 3 is 2.41 bits per heavy atom. The first-order valence-electron chi connectivity index (χ1n) is 5.38. The third-order valence-corrected chi connectivity index (χ3v) is 2.97. The minimum Gasteiger partial charge on any atom is -0.374 e. The third kappa shape index (κ3) is 4.82. The summed E-state index contributed by atoms with van der Waals surface area (Å²) in [7, 11) is 0. The molecule has 0 aliphatic heterocycles. The fourth-order valence-corrected chi connectivity index (χ4v) is 1.61. The molecule has 0 bridgehead atoms. The first-order valence-corrected chi connectivity index (χ1v) is 6.14. The van der Waals surface area contributed by atoms with Gasteiger partial charge in [-0.3, -0.25) is 11.3 Å². The number of hydrazine groups is 1. The predicted molar refractivity (Wildman–Crippen MR) is 72.2 cm³/mol. The molecular formula is C12H18Cl2N2O. The van der Waals surface area contributed by atoms with Gasteiger partial charge in [-0.1, -0.05) is 29.3 Å². The normalized spacial score (nSPS) is 13.8. The van der Waals surface area contributed by atoms with Crippen LogP contribution in [0.3, 0.4) is 0 Å². The SMILES string of the molecule is CC(C)(C)OCC(NN)c1ccc(Cl)c(Cl)c1. The Morgan fingerprint density at radius 1 is 1.29 bits per heavy atom. The van der Waals surface area contributed by atoms with Crippen molar-refractivity contribution in [3.05, 3.63) is 33.8 Å². The molecule has 0 heterocycles. The molecule has 3 nitrogen and oxygen atoms in total. The summed E-state index contributed by atoms with van der Waals surface area (Å²) >= 11 is 11.8. The van der Waals surface area contributed by atoms with Crippen molar-refractivity contribution in [1.82, 2.24) is 5.43 Å². The van der Waals surface area contributed by atoms with Crippen LogP contribution in [0.2, 0.25) is 10.0 Å². The zero-order valence-corrected chi connectivity index (χ0v) is 11.8. The molecule has 0 amide bonds. The molecule has 1 aromatic carbocycles. The Morgan fingerprint density at radius 2 is 1.94 bits per heavy atom. The van der Waals surface area contributed by atoms with Crippen molar-refractivity contribution in [2.75, 3.05) is 6.61 Å². The molecule has 0 aromatic heterocycles. The summed E-state index contributed by atoms with van der Waals surface area (Å²) in [6.45, 7) is 6.46. The van der Waals surface area contributed by atoms with Crippen molar-refractivity contribution in [2.45, 2.75) is 32.4 Å². The number of hydrogen-bond donors (Lipinski definition) is 2. The van der Waals surface area contributed by atoms with Gasteiger partial charge in [-0.15, -0.1) is 0 Å². The second kappa shape index (κ2) is 6.03. The summed E-state index contributed by atoms with van der Waals surface area (Å²) in [5.74, 6) is 5.52. The van der Waals surface area contributed by atoms with Gasteiger partial charge in [-0.05, 0) is 38.5 Å². The van der Waals surface area contributed by atoms with Crippen molar-refractivity contribution in [3.8, 4) is 0 Å². The van der Waals surface area contributed by atoms with Crippen LogP contribution in [-0.2, 0) is 4.74 Å². The van der Waals surface area contributed by atoms with Gasteiger partial charge in [-0.25, -0.2) is 0 Å². The highest BCUT2D eigenvalue weighted by Gasteiger charge is 2.16. The van der Waals surface area contributed by atoms with E-state index >= 15 is 0 Å². The summed E-state index contributed by atoms with van der Waals surface area (Å²) in [4.78, 5) is 0. The lowest BCUT2D eigenvalue weighted by atomic mass is 10.1. The smallest absolute Gasteiger partial charge is 0.0694 e. The first kappa shape index (κ1) is 14.7. The lowest BCUT2D eigenvalue weighted by Gasteiger charge is -2.24. The molecule has 0 aliphatic carbocycles. The van der Waals surface area contributed by atoms with Gasteiger partial charge < -0.3 is 4.74 Å². The quantitative estimate of drug-likeness (QED) is 0.655. The monoisotopic (exact) mass is 276 g/mol. The van der Waals surface area contributed by atoms with E-state index in [1.807, 2.05) is 26.8 Å². The first-order chi connectivity index (χ1) is 7.83. The molecule has 0 radical (unpaired) electrons. The minimum atomic E-state index is -0.203. The zero-order valence-electron chi connectivity index (χ0n) is 10.3. The van der Waals surface area contributed by atoms with Gasteiger partial charge >= 0.3 is 0 Å². The number of hydrogen-bond acceptors (Lipinski definition) is 3. The van der Waals surface area contributed by atoms with Gasteiger partial charge in [-0.2, -0.15) is 0 Å². The highest BCUT2D eigenvalue weighted by molar-refractivity contribution is 6.42. The van der Waals surface area contributed by atoms with Crippen LogP contribution in [0.5, 0.6) is 0 Å². The average molecular weight is 277 g/mol. The van der Waals surface area contributed by atoms with E-state index in [-0.39, 0.29) is 11.6 Å². The lowest BCUT2D eigenvalue weighted by Crippen LogP contribution is -2.34. The van der Waals surface area contributed by atoms with Crippen LogP contribution in [0.25, 0.3) is 0 Å². The van der Waals surface area contributed by atoms with Gasteiger partial charge in [0.1, 0.15) is 0 Å². The van der Waals surface area contributed by atoms with Crippen LogP contribution in [0.1, 0.15) is 32.4 Å². The van der Waals surface area contributed by atoms with Crippen LogP contribution >= 0.6 is 23.2 Å². The maximum atomic E-state index is 5.96. The van der Waals surface area contributed by atoms with Crippen molar-refractivity contribution >= 4 is 23.2 Å². The highest BCUT2D eigenvalue weighted by Crippen LogP contribution is 2.26. The Labute approximate surface area is 112 Å². The Hall–Kier alpha value is -0.320. The molecule has 0 fully saturated rings. The summed E-state index contributed by atoms with van der Waals surface area (Å²) < 4.78 is 5.69. The summed E-state index contributed by atoms with van der Waals surface area (Å²) in [5, 5.41) is 1.04. The summed E-state index contributed by atoms with van der Waals surface area (Å²) in [6, 6.07) is 5.32. The molecule has 1 atom stereocenters. The zero-order chi connectivity index (χ0) is 13.1. The van der Waals surface area contributed by atoms with Crippen molar-refractivity contribution in [2.24, 2.45) is 5.84 Å². The molecular weight excluding hydrogens is 259 g/mol. The van der Waals surface area contributed by atoms with Crippen molar-refractivity contribution < 1.29 is 4.74 Å². The number of ether oxygens (including phenoxy) is 1. The topological polar surface area (TPSA) is 47.3 Å². The Bertz CT molecular complexity index is 377. The minimum absolute atomic E-state index is 0.107. The molecule has 0 saturated heterocycles. The molecule has 0 spiro atoms. The van der Waals surface area contributed by atoms with Gasteiger partial charge in [0.05, 0.1) is 28.3 Å². The number of benzene rings is 1. The summed E-state index contributed by atoms with van der Waals surface area (Å²) in [6.07, 6.45) is 0. The van der Waals surface area contributed by atoms with Crippen LogP contribution in [0.4, 0.5) is 0 Å². The largest absolute Gasteiger partial charge is 0.374 e. The standard InChI is InChI=1S/C12H18Cl2N2O/c1-12(2,3)17-7-11(16-15)8-4-5-9(13)10(14)6-8/h4-6,11,16H,7,15H2,1-3H3. The molecule has 1 aromatic rings. The highest BCUT2D eigenvalue weighted by atomic mass is 35.5. The van der Waals surface area contributed by atoms with E-state index in [2.05, 4.69) is 5.43 Å². The molecule has 1 unspecified atom stereocenters. The van der Waals surface area contributed by atoms with Crippen molar-refractivity contribution in [1.29, 1.82) is 0 Å².